The zero-order valence-corrected chi connectivity index (χ0v) is 9.26. The minimum absolute atomic E-state index is 1.02. The van der Waals surface area contributed by atoms with Crippen LogP contribution in [0.4, 0.5) is 0 Å². The number of rotatable bonds is 6. The van der Waals surface area contributed by atoms with Crippen molar-refractivity contribution in [1.82, 2.24) is 10.3 Å². The average Bonchev–Trinajstić information content (AvgIpc) is 2.19. The minimum atomic E-state index is 1.02. The van der Waals surface area contributed by atoms with Crippen LogP contribution in [0.1, 0.15) is 12.1 Å². The maximum atomic E-state index is 4.25. The molecular weight excluding hydrogens is 228 g/mol. The third kappa shape index (κ3) is 5.01. The molecule has 1 rings (SSSR count). The molecule has 1 heterocycles. The SMILES string of the molecule is BrCCCNCCc1ccccn1. The molecule has 0 spiro atoms. The van der Waals surface area contributed by atoms with Crippen LogP contribution >= 0.6 is 15.9 Å². The zero-order valence-electron chi connectivity index (χ0n) is 7.67. The molecule has 0 saturated carbocycles. The molecule has 0 aliphatic carbocycles. The van der Waals surface area contributed by atoms with E-state index in [2.05, 4.69) is 32.3 Å². The van der Waals surface area contributed by atoms with Gasteiger partial charge in [0, 0.05) is 30.2 Å². The summed E-state index contributed by atoms with van der Waals surface area (Å²) >= 11 is 3.39. The van der Waals surface area contributed by atoms with Gasteiger partial charge in [-0.25, -0.2) is 0 Å². The molecule has 1 aromatic rings. The fraction of sp³-hybridized carbons (Fsp3) is 0.500. The highest BCUT2D eigenvalue weighted by Crippen LogP contribution is 1.93. The van der Waals surface area contributed by atoms with E-state index in [0.29, 0.717) is 0 Å². The van der Waals surface area contributed by atoms with E-state index in [1.54, 1.807) is 0 Å². The lowest BCUT2D eigenvalue weighted by Crippen LogP contribution is -2.19. The Hall–Kier alpha value is -0.410. The van der Waals surface area contributed by atoms with Crippen molar-refractivity contribution in [2.24, 2.45) is 0 Å². The molecule has 0 amide bonds. The van der Waals surface area contributed by atoms with Crippen LogP contribution in [-0.4, -0.2) is 23.4 Å². The van der Waals surface area contributed by atoms with E-state index in [-0.39, 0.29) is 0 Å². The lowest BCUT2D eigenvalue weighted by atomic mass is 10.3. The topological polar surface area (TPSA) is 24.9 Å². The Morgan fingerprint density at radius 2 is 2.23 bits per heavy atom. The molecule has 72 valence electrons. The number of nitrogens with zero attached hydrogens (tertiary/aromatic N) is 1. The molecule has 0 bridgehead atoms. The number of nitrogens with one attached hydrogen (secondary N) is 1. The van der Waals surface area contributed by atoms with Gasteiger partial charge in [-0.2, -0.15) is 0 Å². The van der Waals surface area contributed by atoms with E-state index in [9.17, 15) is 0 Å². The van der Waals surface area contributed by atoms with Crippen molar-refractivity contribution in [3.8, 4) is 0 Å². The highest BCUT2D eigenvalue weighted by molar-refractivity contribution is 9.09. The number of alkyl halides is 1. The van der Waals surface area contributed by atoms with Crippen molar-refractivity contribution in [2.75, 3.05) is 18.4 Å². The lowest BCUT2D eigenvalue weighted by molar-refractivity contribution is 0.670. The first-order valence-electron chi connectivity index (χ1n) is 4.60. The summed E-state index contributed by atoms with van der Waals surface area (Å²) in [6.07, 6.45) is 4.04. The van der Waals surface area contributed by atoms with E-state index in [0.717, 1.165) is 30.5 Å². The van der Waals surface area contributed by atoms with Crippen LogP contribution < -0.4 is 5.32 Å². The quantitative estimate of drug-likeness (QED) is 0.610. The Morgan fingerprint density at radius 3 is 2.92 bits per heavy atom. The van der Waals surface area contributed by atoms with Crippen molar-refractivity contribution in [3.05, 3.63) is 30.1 Å². The number of pyridine rings is 1. The molecule has 0 saturated heterocycles. The van der Waals surface area contributed by atoms with Gasteiger partial charge in [-0.3, -0.25) is 4.98 Å². The maximum absolute atomic E-state index is 4.25. The summed E-state index contributed by atoms with van der Waals surface area (Å²) in [6.45, 7) is 2.10. The van der Waals surface area contributed by atoms with Gasteiger partial charge in [-0.1, -0.05) is 22.0 Å². The van der Waals surface area contributed by atoms with Gasteiger partial charge >= 0.3 is 0 Å². The molecule has 0 fully saturated rings. The highest BCUT2D eigenvalue weighted by Gasteiger charge is 1.91. The molecule has 1 N–H and O–H groups in total. The standard InChI is InChI=1S/C10H15BrN2/c11-6-3-7-12-9-5-10-4-1-2-8-13-10/h1-2,4,8,12H,3,5-7,9H2. The first kappa shape index (κ1) is 10.7. The summed E-state index contributed by atoms with van der Waals surface area (Å²) in [7, 11) is 0. The summed E-state index contributed by atoms with van der Waals surface area (Å²) in [4.78, 5) is 4.25. The first-order valence-corrected chi connectivity index (χ1v) is 5.72. The average molecular weight is 243 g/mol. The number of hydrogen-bond donors (Lipinski definition) is 1. The summed E-state index contributed by atoms with van der Waals surface area (Å²) < 4.78 is 0. The third-order valence-corrected chi connectivity index (χ3v) is 2.33. The fourth-order valence-electron chi connectivity index (χ4n) is 1.08. The van der Waals surface area contributed by atoms with Crippen molar-refractivity contribution >= 4 is 15.9 Å². The maximum Gasteiger partial charge on any atom is 0.0416 e. The summed E-state index contributed by atoms with van der Waals surface area (Å²) in [5, 5.41) is 4.44. The predicted molar refractivity (Wildman–Crippen MR) is 59.2 cm³/mol. The van der Waals surface area contributed by atoms with Crippen LogP contribution in [0.2, 0.25) is 0 Å². The number of aromatic nitrogens is 1. The van der Waals surface area contributed by atoms with E-state index in [1.807, 2.05) is 18.3 Å². The number of hydrogen-bond acceptors (Lipinski definition) is 2. The van der Waals surface area contributed by atoms with E-state index in [1.165, 1.54) is 6.42 Å². The third-order valence-electron chi connectivity index (χ3n) is 1.77. The van der Waals surface area contributed by atoms with Gasteiger partial charge in [-0.05, 0) is 25.1 Å². The summed E-state index contributed by atoms with van der Waals surface area (Å²) in [5.74, 6) is 0. The molecule has 3 heteroatoms. The van der Waals surface area contributed by atoms with Crippen LogP contribution in [0.15, 0.2) is 24.4 Å². The van der Waals surface area contributed by atoms with E-state index >= 15 is 0 Å². The largest absolute Gasteiger partial charge is 0.316 e. The van der Waals surface area contributed by atoms with Gasteiger partial charge in [0.05, 0.1) is 0 Å². The molecule has 13 heavy (non-hydrogen) atoms. The summed E-state index contributed by atoms with van der Waals surface area (Å²) in [6, 6.07) is 6.04. The Balaban J connectivity index is 2.07. The molecular formula is C10H15BrN2. The highest BCUT2D eigenvalue weighted by atomic mass is 79.9. The second-order valence-corrected chi connectivity index (χ2v) is 3.66. The molecule has 1 aromatic heterocycles. The second-order valence-electron chi connectivity index (χ2n) is 2.86. The normalized spacial score (nSPS) is 10.2. The Kier molecular flexibility index (Phi) is 5.78. The van der Waals surface area contributed by atoms with Crippen LogP contribution in [0.5, 0.6) is 0 Å². The first-order chi connectivity index (χ1) is 6.43. The van der Waals surface area contributed by atoms with Crippen molar-refractivity contribution in [2.45, 2.75) is 12.8 Å². The smallest absolute Gasteiger partial charge is 0.0416 e. The van der Waals surface area contributed by atoms with Crippen LogP contribution in [0.25, 0.3) is 0 Å². The van der Waals surface area contributed by atoms with Gasteiger partial charge in [0.2, 0.25) is 0 Å². The molecule has 0 atom stereocenters. The van der Waals surface area contributed by atoms with Gasteiger partial charge in [0.25, 0.3) is 0 Å². The Bertz CT molecular complexity index is 213. The Labute approximate surface area is 87.9 Å². The van der Waals surface area contributed by atoms with Gasteiger partial charge < -0.3 is 5.32 Å². The zero-order chi connectivity index (χ0) is 9.36. The summed E-state index contributed by atoms with van der Waals surface area (Å²) in [5.41, 5.74) is 1.16. The minimum Gasteiger partial charge on any atom is -0.316 e. The molecule has 0 radical (unpaired) electrons. The predicted octanol–water partition coefficient (Wildman–Crippen LogP) is 2.00. The fourth-order valence-corrected chi connectivity index (χ4v) is 1.36. The monoisotopic (exact) mass is 242 g/mol. The van der Waals surface area contributed by atoms with E-state index < -0.39 is 0 Å². The van der Waals surface area contributed by atoms with Crippen LogP contribution in [-0.2, 0) is 6.42 Å². The Morgan fingerprint density at radius 1 is 1.31 bits per heavy atom. The molecule has 0 aliphatic heterocycles. The second kappa shape index (κ2) is 7.04. The number of halogens is 1. The van der Waals surface area contributed by atoms with Gasteiger partial charge in [0.15, 0.2) is 0 Å². The molecule has 0 aromatic carbocycles. The van der Waals surface area contributed by atoms with Crippen molar-refractivity contribution < 1.29 is 0 Å². The van der Waals surface area contributed by atoms with Crippen LogP contribution in [0, 0.1) is 0 Å². The van der Waals surface area contributed by atoms with E-state index in [4.69, 9.17) is 0 Å². The van der Waals surface area contributed by atoms with Crippen LogP contribution in [0.3, 0.4) is 0 Å². The molecule has 0 aliphatic rings. The van der Waals surface area contributed by atoms with Gasteiger partial charge in [0.1, 0.15) is 0 Å². The molecule has 2 nitrogen and oxygen atoms in total. The lowest BCUT2D eigenvalue weighted by Gasteiger charge is -2.02. The molecule has 0 unspecified atom stereocenters. The van der Waals surface area contributed by atoms with Gasteiger partial charge in [-0.15, -0.1) is 0 Å². The van der Waals surface area contributed by atoms with Crippen molar-refractivity contribution in [1.29, 1.82) is 0 Å². The van der Waals surface area contributed by atoms with Crippen molar-refractivity contribution in [3.63, 3.8) is 0 Å².